The van der Waals surface area contributed by atoms with E-state index in [0.717, 1.165) is 19.3 Å². The summed E-state index contributed by atoms with van der Waals surface area (Å²) in [6.45, 7) is 1.04. The van der Waals surface area contributed by atoms with Gasteiger partial charge in [-0.15, -0.1) is 0 Å². The number of nitrogens with zero attached hydrogens (tertiary/aromatic N) is 4. The van der Waals surface area contributed by atoms with Gasteiger partial charge in [0.2, 0.25) is 5.91 Å². The van der Waals surface area contributed by atoms with Crippen molar-refractivity contribution >= 4 is 23.0 Å². The van der Waals surface area contributed by atoms with E-state index in [1.165, 1.54) is 19.3 Å². The summed E-state index contributed by atoms with van der Waals surface area (Å²) < 4.78 is 1.80. The number of aromatic nitrogens is 3. The molecule has 0 bridgehead atoms. The normalized spacial score (nSPS) is 21.8. The minimum absolute atomic E-state index is 0.0264. The average Bonchev–Trinajstić information content (AvgIpc) is 3.05. The SMILES string of the molecule is Cn1cnc2c(C(=O)N3CCNC(=O)[C@@H]3CC3CCCCC3)ccnc21. The van der Waals surface area contributed by atoms with Gasteiger partial charge in [0.05, 0.1) is 11.9 Å². The summed E-state index contributed by atoms with van der Waals surface area (Å²) in [6, 6.07) is 1.33. The van der Waals surface area contributed by atoms with E-state index < -0.39 is 0 Å². The molecule has 2 aromatic heterocycles. The van der Waals surface area contributed by atoms with E-state index in [1.807, 2.05) is 7.05 Å². The molecule has 1 saturated heterocycles. The average molecular weight is 355 g/mol. The van der Waals surface area contributed by atoms with Crippen LogP contribution in [0.25, 0.3) is 11.2 Å². The van der Waals surface area contributed by atoms with Gasteiger partial charge in [0.15, 0.2) is 5.65 Å². The Morgan fingerprint density at radius 1 is 1.27 bits per heavy atom. The maximum atomic E-state index is 13.3. The van der Waals surface area contributed by atoms with E-state index in [9.17, 15) is 9.59 Å². The van der Waals surface area contributed by atoms with Gasteiger partial charge in [-0.05, 0) is 18.4 Å². The smallest absolute Gasteiger partial charge is 0.256 e. The van der Waals surface area contributed by atoms with Gasteiger partial charge in [0.1, 0.15) is 11.6 Å². The molecule has 2 aliphatic rings. The molecular formula is C19H25N5O2. The van der Waals surface area contributed by atoms with Crippen LogP contribution in [0.4, 0.5) is 0 Å². The summed E-state index contributed by atoms with van der Waals surface area (Å²) in [4.78, 5) is 36.2. The molecule has 0 unspecified atom stereocenters. The second kappa shape index (κ2) is 7.05. The van der Waals surface area contributed by atoms with Crippen molar-refractivity contribution in [1.29, 1.82) is 0 Å². The van der Waals surface area contributed by atoms with Crippen molar-refractivity contribution in [2.24, 2.45) is 13.0 Å². The summed E-state index contributed by atoms with van der Waals surface area (Å²) >= 11 is 0. The largest absolute Gasteiger partial charge is 0.353 e. The van der Waals surface area contributed by atoms with Crippen LogP contribution in [0.15, 0.2) is 18.6 Å². The molecule has 0 spiro atoms. The Bertz CT molecular complexity index is 824. The lowest BCUT2D eigenvalue weighted by atomic mass is 9.84. The molecule has 2 aromatic rings. The number of pyridine rings is 1. The number of piperazine rings is 1. The molecule has 1 aliphatic heterocycles. The number of hydrogen-bond acceptors (Lipinski definition) is 4. The molecule has 138 valence electrons. The highest BCUT2D eigenvalue weighted by Crippen LogP contribution is 2.30. The first-order chi connectivity index (χ1) is 12.6. The molecule has 0 radical (unpaired) electrons. The lowest BCUT2D eigenvalue weighted by molar-refractivity contribution is -0.128. The van der Waals surface area contributed by atoms with Crippen molar-refractivity contribution in [2.45, 2.75) is 44.6 Å². The first kappa shape index (κ1) is 17.0. The van der Waals surface area contributed by atoms with Gasteiger partial charge in [-0.25, -0.2) is 9.97 Å². The maximum absolute atomic E-state index is 13.3. The zero-order valence-electron chi connectivity index (χ0n) is 15.1. The third-order valence-corrected chi connectivity index (χ3v) is 5.70. The Kier molecular flexibility index (Phi) is 4.61. The van der Waals surface area contributed by atoms with Crippen LogP contribution in [0.5, 0.6) is 0 Å². The number of amides is 2. The fraction of sp³-hybridized carbons (Fsp3) is 0.579. The molecule has 1 aliphatic carbocycles. The summed E-state index contributed by atoms with van der Waals surface area (Å²) in [5.74, 6) is 0.383. The molecule has 1 N–H and O–H groups in total. The van der Waals surface area contributed by atoms with Crippen molar-refractivity contribution in [2.75, 3.05) is 13.1 Å². The van der Waals surface area contributed by atoms with Gasteiger partial charge in [0.25, 0.3) is 5.91 Å². The van der Waals surface area contributed by atoms with E-state index >= 15 is 0 Å². The number of carbonyl (C=O) groups excluding carboxylic acids is 2. The highest BCUT2D eigenvalue weighted by molar-refractivity contribution is 6.05. The Morgan fingerprint density at radius 3 is 2.88 bits per heavy atom. The van der Waals surface area contributed by atoms with Crippen molar-refractivity contribution in [3.05, 3.63) is 24.2 Å². The number of nitrogens with one attached hydrogen (secondary N) is 1. The molecule has 26 heavy (non-hydrogen) atoms. The summed E-state index contributed by atoms with van der Waals surface area (Å²) in [5, 5.41) is 2.93. The Balaban J connectivity index is 1.62. The van der Waals surface area contributed by atoms with Gasteiger partial charge in [-0.1, -0.05) is 32.1 Å². The Labute approximate surface area is 152 Å². The molecule has 1 saturated carbocycles. The number of aryl methyl sites for hydroxylation is 1. The van der Waals surface area contributed by atoms with Gasteiger partial charge in [-0.3, -0.25) is 9.59 Å². The van der Waals surface area contributed by atoms with Crippen LogP contribution in [-0.4, -0.2) is 50.4 Å². The zero-order valence-corrected chi connectivity index (χ0v) is 15.1. The molecule has 2 amide bonds. The van der Waals surface area contributed by atoms with Crippen molar-refractivity contribution < 1.29 is 9.59 Å². The van der Waals surface area contributed by atoms with Crippen LogP contribution in [0.1, 0.15) is 48.9 Å². The monoisotopic (exact) mass is 355 g/mol. The zero-order chi connectivity index (χ0) is 18.1. The fourth-order valence-corrected chi connectivity index (χ4v) is 4.29. The van der Waals surface area contributed by atoms with Gasteiger partial charge < -0.3 is 14.8 Å². The maximum Gasteiger partial charge on any atom is 0.256 e. The van der Waals surface area contributed by atoms with Crippen LogP contribution in [0.2, 0.25) is 0 Å². The topological polar surface area (TPSA) is 80.1 Å². The van der Waals surface area contributed by atoms with E-state index in [1.54, 1.807) is 28.1 Å². The molecule has 2 fully saturated rings. The minimum atomic E-state index is -0.383. The quantitative estimate of drug-likeness (QED) is 0.912. The number of imidazole rings is 1. The van der Waals surface area contributed by atoms with Crippen LogP contribution < -0.4 is 5.32 Å². The Hall–Kier alpha value is -2.44. The van der Waals surface area contributed by atoms with Gasteiger partial charge >= 0.3 is 0 Å². The van der Waals surface area contributed by atoms with E-state index in [2.05, 4.69) is 15.3 Å². The number of hydrogen-bond donors (Lipinski definition) is 1. The molecule has 7 nitrogen and oxygen atoms in total. The van der Waals surface area contributed by atoms with E-state index in [0.29, 0.717) is 35.7 Å². The molecule has 3 heterocycles. The third-order valence-electron chi connectivity index (χ3n) is 5.70. The second-order valence-electron chi connectivity index (χ2n) is 7.43. The highest BCUT2D eigenvalue weighted by Gasteiger charge is 2.36. The predicted octanol–water partition coefficient (Wildman–Crippen LogP) is 1.88. The van der Waals surface area contributed by atoms with Crippen molar-refractivity contribution in [3.8, 4) is 0 Å². The standard InChI is InChI=1S/C19H25N5O2/c1-23-12-22-16-14(7-8-20-17(16)23)19(26)24-10-9-21-18(25)15(24)11-13-5-3-2-4-6-13/h7-8,12-13,15H,2-6,9-11H2,1H3,(H,21,25)/t15-/m0/s1. The van der Waals surface area contributed by atoms with E-state index in [4.69, 9.17) is 0 Å². The number of carbonyl (C=O) groups is 2. The molecular weight excluding hydrogens is 330 g/mol. The van der Waals surface area contributed by atoms with Gasteiger partial charge in [0, 0.05) is 26.3 Å². The first-order valence-corrected chi connectivity index (χ1v) is 9.50. The first-order valence-electron chi connectivity index (χ1n) is 9.50. The molecule has 0 aromatic carbocycles. The lowest BCUT2D eigenvalue weighted by Gasteiger charge is -2.37. The lowest BCUT2D eigenvalue weighted by Crippen LogP contribution is -2.57. The fourth-order valence-electron chi connectivity index (χ4n) is 4.29. The Morgan fingerprint density at radius 2 is 2.08 bits per heavy atom. The summed E-state index contributed by atoms with van der Waals surface area (Å²) in [5.41, 5.74) is 1.81. The van der Waals surface area contributed by atoms with Gasteiger partial charge in [-0.2, -0.15) is 0 Å². The molecule has 4 rings (SSSR count). The van der Waals surface area contributed by atoms with Crippen LogP contribution in [-0.2, 0) is 11.8 Å². The summed E-state index contributed by atoms with van der Waals surface area (Å²) in [7, 11) is 1.86. The van der Waals surface area contributed by atoms with Crippen LogP contribution >= 0.6 is 0 Å². The highest BCUT2D eigenvalue weighted by atomic mass is 16.2. The van der Waals surface area contributed by atoms with Crippen LogP contribution in [0, 0.1) is 5.92 Å². The second-order valence-corrected chi connectivity index (χ2v) is 7.43. The van der Waals surface area contributed by atoms with Crippen LogP contribution in [0.3, 0.4) is 0 Å². The van der Waals surface area contributed by atoms with Crippen molar-refractivity contribution in [3.63, 3.8) is 0 Å². The predicted molar refractivity (Wildman–Crippen MR) is 97.5 cm³/mol. The molecule has 7 heteroatoms. The van der Waals surface area contributed by atoms with E-state index in [-0.39, 0.29) is 17.9 Å². The molecule has 1 atom stereocenters. The van der Waals surface area contributed by atoms with Crippen molar-refractivity contribution in [1.82, 2.24) is 24.8 Å². The summed E-state index contributed by atoms with van der Waals surface area (Å²) in [6.07, 6.45) is 10.1. The number of fused-ring (bicyclic) bond motifs is 1. The third kappa shape index (κ3) is 3.06. The number of rotatable bonds is 3. The minimum Gasteiger partial charge on any atom is -0.353 e.